The van der Waals surface area contributed by atoms with E-state index in [0.717, 1.165) is 25.7 Å². The minimum absolute atomic E-state index is 0.176. The third-order valence-electron chi connectivity index (χ3n) is 6.64. The largest absolute Gasteiger partial charge is 0.299 e. The van der Waals surface area contributed by atoms with Crippen LogP contribution < -0.4 is 0 Å². The smallest absolute Gasteiger partial charge is 0.143 e. The monoisotopic (exact) mass is 228 g/mol. The molecule has 17 heavy (non-hydrogen) atoms. The predicted molar refractivity (Wildman–Crippen MR) is 61.0 cm³/mol. The van der Waals surface area contributed by atoms with Crippen LogP contribution in [0.2, 0.25) is 0 Å². The van der Waals surface area contributed by atoms with Crippen LogP contribution in [0.5, 0.6) is 0 Å². The predicted octanol–water partition coefficient (Wildman–Crippen LogP) is 1.99. The topological polar surface area (TPSA) is 34.1 Å². The van der Waals surface area contributed by atoms with Crippen molar-refractivity contribution >= 4 is 11.6 Å². The molecule has 0 aromatic heterocycles. The molecule has 0 aromatic carbocycles. The molecule has 1 spiro atoms. The molecule has 0 heterocycles. The van der Waals surface area contributed by atoms with Gasteiger partial charge in [-0.1, -0.05) is 12.2 Å². The first-order chi connectivity index (χ1) is 8.23. The van der Waals surface area contributed by atoms with Gasteiger partial charge in [-0.25, -0.2) is 0 Å². The zero-order valence-corrected chi connectivity index (χ0v) is 9.76. The maximum absolute atomic E-state index is 12.5. The van der Waals surface area contributed by atoms with E-state index >= 15 is 0 Å². The lowest BCUT2D eigenvalue weighted by molar-refractivity contribution is -0.127. The zero-order chi connectivity index (χ0) is 11.4. The zero-order valence-electron chi connectivity index (χ0n) is 9.76. The first kappa shape index (κ1) is 9.07. The van der Waals surface area contributed by atoms with Crippen LogP contribution in [0.4, 0.5) is 0 Å². The van der Waals surface area contributed by atoms with Crippen LogP contribution in [0.15, 0.2) is 12.2 Å². The second-order valence-electron chi connectivity index (χ2n) is 6.86. The molecular weight excluding hydrogens is 212 g/mol. The number of hydrogen-bond donors (Lipinski definition) is 0. The lowest BCUT2D eigenvalue weighted by Gasteiger charge is -2.28. The lowest BCUT2D eigenvalue weighted by atomic mass is 9.73. The van der Waals surface area contributed by atoms with Gasteiger partial charge in [0.25, 0.3) is 0 Å². The second kappa shape index (κ2) is 2.43. The highest BCUT2D eigenvalue weighted by atomic mass is 16.1. The summed E-state index contributed by atoms with van der Waals surface area (Å²) in [7, 11) is 0. The summed E-state index contributed by atoms with van der Waals surface area (Å²) in [5, 5.41) is 0. The van der Waals surface area contributed by atoms with Crippen molar-refractivity contribution in [3.05, 3.63) is 12.2 Å². The molecule has 0 radical (unpaired) electrons. The van der Waals surface area contributed by atoms with Crippen molar-refractivity contribution < 1.29 is 9.59 Å². The number of hydrogen-bond acceptors (Lipinski definition) is 2. The minimum atomic E-state index is -0.176. The molecule has 2 heteroatoms. The normalized spacial score (nSPS) is 61.4. The Hall–Kier alpha value is -0.920. The highest BCUT2D eigenvalue weighted by molar-refractivity contribution is 5.95. The van der Waals surface area contributed by atoms with Crippen LogP contribution in [-0.2, 0) is 9.59 Å². The van der Waals surface area contributed by atoms with Crippen LogP contribution in [-0.4, -0.2) is 11.6 Å². The van der Waals surface area contributed by atoms with Gasteiger partial charge in [0.2, 0.25) is 0 Å². The summed E-state index contributed by atoms with van der Waals surface area (Å²) in [4.78, 5) is 24.7. The second-order valence-corrected chi connectivity index (χ2v) is 6.86. The van der Waals surface area contributed by atoms with E-state index in [4.69, 9.17) is 0 Å². The molecule has 4 fully saturated rings. The molecular formula is C15H16O2. The first-order valence-electron chi connectivity index (χ1n) is 6.97. The summed E-state index contributed by atoms with van der Waals surface area (Å²) in [6.45, 7) is 0. The molecule has 0 aliphatic heterocycles. The van der Waals surface area contributed by atoms with Crippen LogP contribution in [0.3, 0.4) is 0 Å². The van der Waals surface area contributed by atoms with Crippen LogP contribution in [0, 0.1) is 40.9 Å². The van der Waals surface area contributed by atoms with E-state index in [-0.39, 0.29) is 11.3 Å². The molecule has 0 saturated heterocycles. The van der Waals surface area contributed by atoms with Crippen molar-refractivity contribution in [1.82, 2.24) is 0 Å². The number of ketones is 2. The highest BCUT2D eigenvalue weighted by Crippen LogP contribution is 2.74. The van der Waals surface area contributed by atoms with Gasteiger partial charge in [0, 0.05) is 18.8 Å². The molecule has 5 rings (SSSR count). The fraction of sp³-hybridized carbons (Fsp3) is 0.733. The van der Waals surface area contributed by atoms with Gasteiger partial charge >= 0.3 is 0 Å². The van der Waals surface area contributed by atoms with Crippen molar-refractivity contribution in [3.8, 4) is 0 Å². The maximum atomic E-state index is 12.5. The summed E-state index contributed by atoms with van der Waals surface area (Å²) in [5.41, 5.74) is -0.176. The molecule has 7 atom stereocenters. The average molecular weight is 228 g/mol. The lowest BCUT2D eigenvalue weighted by Crippen LogP contribution is -2.33. The van der Waals surface area contributed by atoms with Crippen molar-refractivity contribution in [1.29, 1.82) is 0 Å². The molecule has 4 saturated carbocycles. The van der Waals surface area contributed by atoms with Crippen molar-refractivity contribution in [2.45, 2.75) is 25.7 Å². The van der Waals surface area contributed by atoms with Gasteiger partial charge in [0.05, 0.1) is 5.41 Å². The SMILES string of the molecule is O=C1C[C@H]2C[C@H]3CC(=O)[C@@]45C=CC[C@@H]4[C@@H]1[C@@H]2[C@@H]35. The standard InChI is InChI=1S/C15H16O2/c16-10-5-7-4-8-6-11(17)15-3-1-2-9(15)13(10)12(7)14(8)15/h1,3,7-9,12-14H,2,4-6H2/t7-,8+,9-,12-,13+,14-,15-/m1/s1. The maximum Gasteiger partial charge on any atom is 0.143 e. The van der Waals surface area contributed by atoms with E-state index in [1.165, 1.54) is 0 Å². The third kappa shape index (κ3) is 0.715. The molecule has 5 aliphatic rings. The Balaban J connectivity index is 1.78. The number of Topliss-reactive ketones (excluding diaryl/α,β-unsaturated/α-hetero) is 2. The van der Waals surface area contributed by atoms with Crippen LogP contribution in [0.25, 0.3) is 0 Å². The van der Waals surface area contributed by atoms with Gasteiger partial charge in [-0.15, -0.1) is 0 Å². The Morgan fingerprint density at radius 3 is 2.94 bits per heavy atom. The Morgan fingerprint density at radius 1 is 1.18 bits per heavy atom. The molecule has 2 nitrogen and oxygen atoms in total. The van der Waals surface area contributed by atoms with E-state index in [0.29, 0.717) is 41.2 Å². The fourth-order valence-electron chi connectivity index (χ4n) is 6.49. The summed E-state index contributed by atoms with van der Waals surface area (Å²) in [6.07, 6.45) is 8.15. The Kier molecular flexibility index (Phi) is 1.30. The van der Waals surface area contributed by atoms with Crippen molar-refractivity contribution in [3.63, 3.8) is 0 Å². The van der Waals surface area contributed by atoms with Crippen LogP contribution in [0.1, 0.15) is 25.7 Å². The number of carbonyl (C=O) groups is 2. The number of carbonyl (C=O) groups excluding carboxylic acids is 2. The van der Waals surface area contributed by atoms with Crippen molar-refractivity contribution in [2.24, 2.45) is 40.9 Å². The van der Waals surface area contributed by atoms with E-state index in [1.807, 2.05) is 0 Å². The average Bonchev–Trinajstić information content (AvgIpc) is 2.93. The quantitative estimate of drug-likeness (QED) is 0.594. The van der Waals surface area contributed by atoms with Gasteiger partial charge in [-0.3, -0.25) is 9.59 Å². The molecule has 5 aliphatic carbocycles. The van der Waals surface area contributed by atoms with Crippen molar-refractivity contribution in [2.75, 3.05) is 0 Å². The summed E-state index contributed by atoms with van der Waals surface area (Å²) in [5.74, 6) is 3.91. The number of rotatable bonds is 0. The Labute approximate surface area is 100 Å². The Bertz CT molecular complexity index is 491. The fourth-order valence-corrected chi connectivity index (χ4v) is 6.49. The van der Waals surface area contributed by atoms with Gasteiger partial charge in [-0.2, -0.15) is 0 Å². The van der Waals surface area contributed by atoms with E-state index < -0.39 is 0 Å². The minimum Gasteiger partial charge on any atom is -0.299 e. The molecule has 0 bridgehead atoms. The summed E-state index contributed by atoms with van der Waals surface area (Å²) in [6, 6.07) is 0. The van der Waals surface area contributed by atoms with E-state index in [1.54, 1.807) is 0 Å². The highest BCUT2D eigenvalue weighted by Gasteiger charge is 2.75. The molecule has 0 N–H and O–H groups in total. The first-order valence-corrected chi connectivity index (χ1v) is 6.97. The third-order valence-corrected chi connectivity index (χ3v) is 6.64. The molecule has 88 valence electrons. The summed E-state index contributed by atoms with van der Waals surface area (Å²) < 4.78 is 0. The molecule has 0 aromatic rings. The van der Waals surface area contributed by atoms with Gasteiger partial charge in [0.1, 0.15) is 11.6 Å². The van der Waals surface area contributed by atoms with Gasteiger partial charge < -0.3 is 0 Å². The van der Waals surface area contributed by atoms with Crippen LogP contribution >= 0.6 is 0 Å². The van der Waals surface area contributed by atoms with Gasteiger partial charge in [0.15, 0.2) is 0 Å². The van der Waals surface area contributed by atoms with Gasteiger partial charge in [-0.05, 0) is 42.4 Å². The Morgan fingerprint density at radius 2 is 2.06 bits per heavy atom. The molecule has 0 unspecified atom stereocenters. The van der Waals surface area contributed by atoms with E-state index in [2.05, 4.69) is 12.2 Å². The number of fused-ring (bicyclic) bond motifs is 1. The number of allylic oxidation sites excluding steroid dienone is 2. The van der Waals surface area contributed by atoms with E-state index in [9.17, 15) is 9.59 Å². The summed E-state index contributed by atoms with van der Waals surface area (Å²) >= 11 is 0. The molecule has 0 amide bonds.